The van der Waals surface area contributed by atoms with Gasteiger partial charge in [-0.25, -0.2) is 0 Å². The lowest BCUT2D eigenvalue weighted by atomic mass is 10.0. The minimum atomic E-state index is 0.179. The molecule has 1 amide bonds. The first-order chi connectivity index (χ1) is 12.3. The van der Waals surface area contributed by atoms with Gasteiger partial charge >= 0.3 is 0 Å². The van der Waals surface area contributed by atoms with Crippen LogP contribution in [0.3, 0.4) is 0 Å². The maximum Gasteiger partial charge on any atom is 0.220 e. The van der Waals surface area contributed by atoms with Crippen molar-refractivity contribution in [1.29, 1.82) is 0 Å². The van der Waals surface area contributed by atoms with Crippen LogP contribution in [0, 0.1) is 0 Å². The Morgan fingerprint density at radius 2 is 1.60 bits per heavy atom. The van der Waals surface area contributed by atoms with Crippen molar-refractivity contribution in [2.75, 3.05) is 19.6 Å². The quantitative estimate of drug-likeness (QED) is 0.840. The Morgan fingerprint density at radius 3 is 2.28 bits per heavy atom. The van der Waals surface area contributed by atoms with Crippen molar-refractivity contribution in [1.82, 2.24) is 10.2 Å². The van der Waals surface area contributed by atoms with Crippen LogP contribution in [0.1, 0.15) is 30.4 Å². The summed E-state index contributed by atoms with van der Waals surface area (Å²) in [6.07, 6.45) is 4.73. The molecule has 2 aromatic carbocycles. The monoisotopic (exact) mass is 336 g/mol. The third kappa shape index (κ3) is 6.02. The molecule has 0 unspecified atom stereocenters. The Hall–Kier alpha value is -2.13. The number of amides is 1. The average molecular weight is 336 g/mol. The lowest BCUT2D eigenvalue weighted by Crippen LogP contribution is -2.48. The van der Waals surface area contributed by atoms with Gasteiger partial charge in [0, 0.05) is 25.6 Å². The van der Waals surface area contributed by atoms with Crippen LogP contribution in [0.2, 0.25) is 0 Å². The minimum Gasteiger partial charge on any atom is -0.352 e. The van der Waals surface area contributed by atoms with Crippen molar-refractivity contribution in [2.24, 2.45) is 0 Å². The first-order valence-corrected chi connectivity index (χ1v) is 9.39. The van der Waals surface area contributed by atoms with Gasteiger partial charge in [0.2, 0.25) is 5.91 Å². The summed E-state index contributed by atoms with van der Waals surface area (Å²) in [6.45, 7) is 3.19. The molecule has 0 aromatic heterocycles. The molecule has 25 heavy (non-hydrogen) atoms. The number of carbonyl (C=O) groups excluding carboxylic acids is 1. The van der Waals surface area contributed by atoms with E-state index in [2.05, 4.69) is 52.7 Å². The summed E-state index contributed by atoms with van der Waals surface area (Å²) in [5, 5.41) is 3.24. The Labute approximate surface area is 151 Å². The smallest absolute Gasteiger partial charge is 0.220 e. The molecule has 1 saturated heterocycles. The summed E-state index contributed by atoms with van der Waals surface area (Å²) in [6, 6.07) is 21.2. The number of aryl methyl sites for hydroxylation is 1. The highest BCUT2D eigenvalue weighted by atomic mass is 16.1. The predicted molar refractivity (Wildman–Crippen MR) is 103 cm³/mol. The second-order valence-electron chi connectivity index (χ2n) is 6.93. The van der Waals surface area contributed by atoms with E-state index in [1.54, 1.807) is 0 Å². The van der Waals surface area contributed by atoms with E-state index in [0.29, 0.717) is 12.5 Å². The number of rotatable bonds is 7. The van der Waals surface area contributed by atoms with Crippen LogP contribution >= 0.6 is 0 Å². The lowest BCUT2D eigenvalue weighted by molar-refractivity contribution is -0.122. The Balaban J connectivity index is 1.39. The molecule has 3 heteroatoms. The van der Waals surface area contributed by atoms with Crippen molar-refractivity contribution >= 4 is 5.91 Å². The van der Waals surface area contributed by atoms with Crippen molar-refractivity contribution in [3.63, 3.8) is 0 Å². The topological polar surface area (TPSA) is 32.3 Å². The Bertz CT molecular complexity index is 642. The maximum atomic E-state index is 12.2. The minimum absolute atomic E-state index is 0.179. The molecule has 0 saturated carbocycles. The predicted octanol–water partition coefficient (Wildman–Crippen LogP) is 3.44. The highest BCUT2D eigenvalue weighted by molar-refractivity contribution is 5.76. The Morgan fingerprint density at radius 1 is 0.960 bits per heavy atom. The molecule has 3 nitrogen and oxygen atoms in total. The molecule has 1 fully saturated rings. The summed E-state index contributed by atoms with van der Waals surface area (Å²) >= 11 is 0. The molecule has 0 spiro atoms. The first kappa shape index (κ1) is 17.7. The summed E-state index contributed by atoms with van der Waals surface area (Å²) in [5.41, 5.74) is 2.61. The van der Waals surface area contributed by atoms with Crippen LogP contribution < -0.4 is 5.32 Å². The number of hydrogen-bond donors (Lipinski definition) is 1. The molecule has 1 heterocycles. The van der Waals surface area contributed by atoms with Crippen LogP contribution in [0.4, 0.5) is 0 Å². The highest BCUT2D eigenvalue weighted by Crippen LogP contribution is 2.12. The third-order valence-corrected chi connectivity index (χ3v) is 4.91. The van der Waals surface area contributed by atoms with Crippen molar-refractivity contribution in [3.05, 3.63) is 71.8 Å². The van der Waals surface area contributed by atoms with Gasteiger partial charge in [0.15, 0.2) is 0 Å². The van der Waals surface area contributed by atoms with Crippen LogP contribution in [0.5, 0.6) is 0 Å². The van der Waals surface area contributed by atoms with E-state index >= 15 is 0 Å². The van der Waals surface area contributed by atoms with Gasteiger partial charge in [-0.1, -0.05) is 60.7 Å². The molecule has 0 radical (unpaired) electrons. The van der Waals surface area contributed by atoms with Gasteiger partial charge in [-0.2, -0.15) is 0 Å². The van der Waals surface area contributed by atoms with E-state index in [1.807, 2.05) is 18.2 Å². The molecular weight excluding hydrogens is 308 g/mol. The van der Waals surface area contributed by atoms with Crippen molar-refractivity contribution in [3.8, 4) is 0 Å². The SMILES string of the molecule is O=C(CCc1ccccc1)N[C@H]1CCCN(CCc2ccccc2)C1. The zero-order chi connectivity index (χ0) is 17.3. The van der Waals surface area contributed by atoms with Gasteiger partial charge in [0.25, 0.3) is 0 Å². The van der Waals surface area contributed by atoms with Gasteiger partial charge in [-0.15, -0.1) is 0 Å². The normalized spacial score (nSPS) is 18.0. The van der Waals surface area contributed by atoms with Gasteiger partial charge in [-0.05, 0) is 43.4 Å². The first-order valence-electron chi connectivity index (χ1n) is 9.39. The molecule has 2 aromatic rings. The molecule has 0 aliphatic carbocycles. The van der Waals surface area contributed by atoms with Crippen LogP contribution in [0.25, 0.3) is 0 Å². The fourth-order valence-corrected chi connectivity index (χ4v) is 3.51. The summed E-state index contributed by atoms with van der Waals surface area (Å²) in [5.74, 6) is 0.179. The zero-order valence-electron chi connectivity index (χ0n) is 14.9. The van der Waals surface area contributed by atoms with Crippen LogP contribution in [0.15, 0.2) is 60.7 Å². The van der Waals surface area contributed by atoms with Gasteiger partial charge in [0.1, 0.15) is 0 Å². The highest BCUT2D eigenvalue weighted by Gasteiger charge is 2.20. The Kier molecular flexibility index (Phi) is 6.63. The van der Waals surface area contributed by atoms with E-state index in [-0.39, 0.29) is 5.91 Å². The summed E-state index contributed by atoms with van der Waals surface area (Å²) in [4.78, 5) is 14.7. The van der Waals surface area contributed by atoms with E-state index in [9.17, 15) is 4.79 Å². The number of piperidine rings is 1. The number of benzene rings is 2. The fourth-order valence-electron chi connectivity index (χ4n) is 3.51. The number of carbonyl (C=O) groups is 1. The van der Waals surface area contributed by atoms with Gasteiger partial charge in [-0.3, -0.25) is 4.79 Å². The molecule has 1 atom stereocenters. The molecular formula is C22H28N2O. The van der Waals surface area contributed by atoms with Gasteiger partial charge in [0.05, 0.1) is 0 Å². The van der Waals surface area contributed by atoms with E-state index in [4.69, 9.17) is 0 Å². The average Bonchev–Trinajstić information content (AvgIpc) is 2.67. The standard InChI is InChI=1S/C22H28N2O/c25-22(14-13-19-8-3-1-4-9-19)23-21-12-7-16-24(18-21)17-15-20-10-5-2-6-11-20/h1-6,8-11,21H,7,12-18H2,(H,23,25)/t21-/m0/s1. The molecule has 0 bridgehead atoms. The second kappa shape index (κ2) is 9.38. The molecule has 3 rings (SSSR count). The largest absolute Gasteiger partial charge is 0.352 e. The van der Waals surface area contributed by atoms with E-state index < -0.39 is 0 Å². The van der Waals surface area contributed by atoms with E-state index in [1.165, 1.54) is 17.5 Å². The van der Waals surface area contributed by atoms with Crippen LogP contribution in [-0.2, 0) is 17.6 Å². The summed E-state index contributed by atoms with van der Waals surface area (Å²) in [7, 11) is 0. The number of nitrogens with one attached hydrogen (secondary N) is 1. The molecule has 132 valence electrons. The lowest BCUT2D eigenvalue weighted by Gasteiger charge is -2.33. The molecule has 1 aliphatic rings. The van der Waals surface area contributed by atoms with Crippen molar-refractivity contribution in [2.45, 2.75) is 38.1 Å². The van der Waals surface area contributed by atoms with Gasteiger partial charge < -0.3 is 10.2 Å². The summed E-state index contributed by atoms with van der Waals surface area (Å²) < 4.78 is 0. The number of likely N-dealkylation sites (tertiary alicyclic amines) is 1. The maximum absolute atomic E-state index is 12.2. The third-order valence-electron chi connectivity index (χ3n) is 4.91. The molecule has 1 aliphatic heterocycles. The molecule has 1 N–H and O–H groups in total. The number of hydrogen-bond acceptors (Lipinski definition) is 2. The van der Waals surface area contributed by atoms with Crippen molar-refractivity contribution < 1.29 is 4.79 Å². The number of nitrogens with zero attached hydrogens (tertiary/aromatic N) is 1. The second-order valence-corrected chi connectivity index (χ2v) is 6.93. The van der Waals surface area contributed by atoms with Crippen LogP contribution in [-0.4, -0.2) is 36.5 Å². The fraction of sp³-hybridized carbons (Fsp3) is 0.409. The zero-order valence-corrected chi connectivity index (χ0v) is 14.9. The van der Waals surface area contributed by atoms with E-state index in [0.717, 1.165) is 38.9 Å².